The van der Waals surface area contributed by atoms with E-state index in [0.717, 1.165) is 43.7 Å². The summed E-state index contributed by atoms with van der Waals surface area (Å²) >= 11 is 3.45. The first-order valence-electron chi connectivity index (χ1n) is 6.67. The Labute approximate surface area is 122 Å². The van der Waals surface area contributed by atoms with E-state index in [-0.39, 0.29) is 0 Å². The Bertz CT molecular complexity index is 499. The zero-order chi connectivity index (χ0) is 13.2. The normalized spacial score (nSPS) is 20.9. The molecule has 19 heavy (non-hydrogen) atoms. The topological polar surface area (TPSA) is 42.3 Å². The lowest BCUT2D eigenvalue weighted by Crippen LogP contribution is -2.62. The van der Waals surface area contributed by atoms with Crippen LogP contribution in [0.3, 0.4) is 0 Å². The smallest absolute Gasteiger partial charge is 0.100 e. The third-order valence-corrected chi connectivity index (χ3v) is 4.62. The number of halogens is 1. The lowest BCUT2D eigenvalue weighted by atomic mass is 10.0. The van der Waals surface area contributed by atoms with Crippen molar-refractivity contribution in [3.05, 3.63) is 28.2 Å². The van der Waals surface area contributed by atoms with Gasteiger partial charge in [0, 0.05) is 55.5 Å². The lowest BCUT2D eigenvalue weighted by Gasteiger charge is -2.48. The predicted molar refractivity (Wildman–Crippen MR) is 79.3 cm³/mol. The highest BCUT2D eigenvalue weighted by molar-refractivity contribution is 9.10. The molecular weight excluding hydrogens is 304 g/mol. The van der Waals surface area contributed by atoms with E-state index in [9.17, 15) is 0 Å². The Morgan fingerprint density at radius 1 is 1.26 bits per heavy atom. The number of nitriles is 1. The van der Waals surface area contributed by atoms with Gasteiger partial charge in [-0.05, 0) is 34.1 Å². The molecule has 2 heterocycles. The molecule has 0 aromatic heterocycles. The molecule has 3 rings (SSSR count). The summed E-state index contributed by atoms with van der Waals surface area (Å²) in [4.78, 5) is 4.95. The second-order valence-corrected chi connectivity index (χ2v) is 5.98. The fraction of sp³-hybridized carbons (Fsp3) is 0.500. The van der Waals surface area contributed by atoms with Gasteiger partial charge in [0.25, 0.3) is 0 Å². The molecule has 1 aromatic rings. The third kappa shape index (κ3) is 2.62. The molecule has 1 N–H and O–H groups in total. The van der Waals surface area contributed by atoms with Crippen molar-refractivity contribution in [2.75, 3.05) is 44.2 Å². The van der Waals surface area contributed by atoms with Crippen molar-refractivity contribution >= 4 is 21.6 Å². The SMILES string of the molecule is N#Cc1ccc(N2CC(N3CCNCC3)C2)cc1Br. The van der Waals surface area contributed by atoms with Gasteiger partial charge in [0.05, 0.1) is 5.56 Å². The molecule has 2 saturated heterocycles. The van der Waals surface area contributed by atoms with E-state index in [2.05, 4.69) is 37.1 Å². The van der Waals surface area contributed by atoms with Crippen LogP contribution in [0.1, 0.15) is 5.56 Å². The number of piperazine rings is 1. The molecule has 100 valence electrons. The van der Waals surface area contributed by atoms with Gasteiger partial charge in [0.2, 0.25) is 0 Å². The van der Waals surface area contributed by atoms with Gasteiger partial charge in [-0.3, -0.25) is 4.90 Å². The van der Waals surface area contributed by atoms with Gasteiger partial charge < -0.3 is 10.2 Å². The fourth-order valence-corrected chi connectivity index (χ4v) is 3.19. The maximum absolute atomic E-state index is 8.93. The van der Waals surface area contributed by atoms with Crippen molar-refractivity contribution in [3.8, 4) is 6.07 Å². The lowest BCUT2D eigenvalue weighted by molar-refractivity contribution is 0.147. The van der Waals surface area contributed by atoms with Crippen LogP contribution in [-0.4, -0.2) is 50.2 Å². The van der Waals surface area contributed by atoms with Gasteiger partial charge in [0.1, 0.15) is 6.07 Å². The van der Waals surface area contributed by atoms with Crippen LogP contribution < -0.4 is 10.2 Å². The van der Waals surface area contributed by atoms with Crippen LogP contribution >= 0.6 is 15.9 Å². The third-order valence-electron chi connectivity index (χ3n) is 3.97. The monoisotopic (exact) mass is 320 g/mol. The van der Waals surface area contributed by atoms with E-state index in [0.29, 0.717) is 11.6 Å². The number of nitrogens with zero attached hydrogens (tertiary/aromatic N) is 3. The van der Waals surface area contributed by atoms with Crippen molar-refractivity contribution in [1.29, 1.82) is 5.26 Å². The highest BCUT2D eigenvalue weighted by Crippen LogP contribution is 2.28. The standard InChI is InChI=1S/C14H17BrN4/c15-14-7-12(2-1-11(14)8-16)19-9-13(10-19)18-5-3-17-4-6-18/h1-2,7,13,17H,3-6,9-10H2. The van der Waals surface area contributed by atoms with Crippen molar-refractivity contribution in [3.63, 3.8) is 0 Å². The Hall–Kier alpha value is -1.09. The van der Waals surface area contributed by atoms with E-state index < -0.39 is 0 Å². The van der Waals surface area contributed by atoms with Gasteiger partial charge in [0.15, 0.2) is 0 Å². The zero-order valence-corrected chi connectivity index (χ0v) is 12.4. The Morgan fingerprint density at radius 2 is 2.00 bits per heavy atom. The quantitative estimate of drug-likeness (QED) is 0.894. The molecule has 0 bridgehead atoms. The van der Waals surface area contributed by atoms with Gasteiger partial charge in [-0.1, -0.05) is 0 Å². The zero-order valence-electron chi connectivity index (χ0n) is 10.8. The number of rotatable bonds is 2. The molecule has 2 aliphatic heterocycles. The molecule has 0 atom stereocenters. The summed E-state index contributed by atoms with van der Waals surface area (Å²) in [6.45, 7) is 6.74. The molecule has 1 aromatic carbocycles. The van der Waals surface area contributed by atoms with E-state index in [1.807, 2.05) is 18.2 Å². The molecule has 0 saturated carbocycles. The minimum Gasteiger partial charge on any atom is -0.368 e. The Balaban J connectivity index is 1.61. The first-order chi connectivity index (χ1) is 9.28. The summed E-state index contributed by atoms with van der Waals surface area (Å²) in [5.74, 6) is 0. The number of nitrogens with one attached hydrogen (secondary N) is 1. The van der Waals surface area contributed by atoms with Crippen LogP contribution in [0.25, 0.3) is 0 Å². The summed E-state index contributed by atoms with van der Waals surface area (Å²) in [5, 5.41) is 12.3. The summed E-state index contributed by atoms with van der Waals surface area (Å²) in [6.07, 6.45) is 0. The molecule has 0 spiro atoms. The van der Waals surface area contributed by atoms with E-state index in [1.54, 1.807) is 0 Å². The van der Waals surface area contributed by atoms with Crippen LogP contribution in [0, 0.1) is 11.3 Å². The van der Waals surface area contributed by atoms with Crippen molar-refractivity contribution in [2.24, 2.45) is 0 Å². The Kier molecular flexibility index (Phi) is 3.74. The van der Waals surface area contributed by atoms with Crippen molar-refractivity contribution < 1.29 is 0 Å². The van der Waals surface area contributed by atoms with Crippen LogP contribution in [-0.2, 0) is 0 Å². The number of hydrogen-bond donors (Lipinski definition) is 1. The van der Waals surface area contributed by atoms with Crippen molar-refractivity contribution in [1.82, 2.24) is 10.2 Å². The maximum Gasteiger partial charge on any atom is 0.100 e. The number of benzene rings is 1. The molecule has 5 heteroatoms. The van der Waals surface area contributed by atoms with Crippen LogP contribution in [0.5, 0.6) is 0 Å². The first-order valence-corrected chi connectivity index (χ1v) is 7.46. The maximum atomic E-state index is 8.93. The average molecular weight is 321 g/mol. The van der Waals surface area contributed by atoms with Crippen LogP contribution in [0.4, 0.5) is 5.69 Å². The Morgan fingerprint density at radius 3 is 2.63 bits per heavy atom. The second-order valence-electron chi connectivity index (χ2n) is 5.12. The van der Waals surface area contributed by atoms with Crippen LogP contribution in [0.2, 0.25) is 0 Å². The minimum atomic E-state index is 0.691. The van der Waals surface area contributed by atoms with Gasteiger partial charge in [-0.25, -0.2) is 0 Å². The fourth-order valence-electron chi connectivity index (χ4n) is 2.74. The van der Waals surface area contributed by atoms with Gasteiger partial charge >= 0.3 is 0 Å². The first kappa shape index (κ1) is 12.9. The number of hydrogen-bond acceptors (Lipinski definition) is 4. The largest absolute Gasteiger partial charge is 0.368 e. The predicted octanol–water partition coefficient (Wildman–Crippen LogP) is 1.41. The molecular formula is C14H17BrN4. The van der Waals surface area contributed by atoms with Gasteiger partial charge in [-0.15, -0.1) is 0 Å². The minimum absolute atomic E-state index is 0.691. The van der Waals surface area contributed by atoms with E-state index in [1.165, 1.54) is 5.69 Å². The number of anilines is 1. The highest BCUT2D eigenvalue weighted by Gasteiger charge is 2.32. The summed E-state index contributed by atoms with van der Waals surface area (Å²) in [5.41, 5.74) is 1.90. The summed E-state index contributed by atoms with van der Waals surface area (Å²) < 4.78 is 0.887. The van der Waals surface area contributed by atoms with Crippen LogP contribution in [0.15, 0.2) is 22.7 Å². The van der Waals surface area contributed by atoms with Crippen molar-refractivity contribution in [2.45, 2.75) is 6.04 Å². The molecule has 0 radical (unpaired) electrons. The molecule has 4 nitrogen and oxygen atoms in total. The molecule has 0 aliphatic carbocycles. The molecule has 0 amide bonds. The average Bonchev–Trinajstić information content (AvgIpc) is 2.38. The molecule has 2 aliphatic rings. The van der Waals surface area contributed by atoms with E-state index >= 15 is 0 Å². The van der Waals surface area contributed by atoms with Gasteiger partial charge in [-0.2, -0.15) is 5.26 Å². The highest BCUT2D eigenvalue weighted by atomic mass is 79.9. The summed E-state index contributed by atoms with van der Waals surface area (Å²) in [6, 6.07) is 8.84. The molecule has 2 fully saturated rings. The second kappa shape index (κ2) is 5.49. The van der Waals surface area contributed by atoms with E-state index in [4.69, 9.17) is 5.26 Å². The molecule has 0 unspecified atom stereocenters. The summed E-state index contributed by atoms with van der Waals surface area (Å²) in [7, 11) is 0.